The topological polar surface area (TPSA) is 29.9 Å². The average molecular weight is 291 g/mol. The van der Waals surface area contributed by atoms with E-state index in [1.807, 2.05) is 6.20 Å². The molecule has 1 N–H and O–H groups in total. The molecule has 3 unspecified atom stereocenters. The number of aryl methyl sites for hydroxylation is 1. The second-order valence-corrected chi connectivity index (χ2v) is 7.62. The largest absolute Gasteiger partial charge is 0.317 e. The monoisotopic (exact) mass is 291 g/mol. The summed E-state index contributed by atoms with van der Waals surface area (Å²) in [5, 5.41) is 8.08. The Morgan fingerprint density at radius 3 is 2.67 bits per heavy atom. The van der Waals surface area contributed by atoms with Crippen molar-refractivity contribution in [2.24, 2.45) is 17.3 Å². The molecule has 0 radical (unpaired) electrons. The molecule has 1 aromatic rings. The van der Waals surface area contributed by atoms with Crippen molar-refractivity contribution < 1.29 is 0 Å². The molecule has 3 heteroatoms. The van der Waals surface area contributed by atoms with E-state index in [-0.39, 0.29) is 0 Å². The highest BCUT2D eigenvalue weighted by Gasteiger charge is 2.37. The van der Waals surface area contributed by atoms with E-state index < -0.39 is 0 Å². The van der Waals surface area contributed by atoms with E-state index in [1.165, 1.54) is 25.0 Å². The van der Waals surface area contributed by atoms with Gasteiger partial charge in [-0.15, -0.1) is 0 Å². The summed E-state index contributed by atoms with van der Waals surface area (Å²) in [4.78, 5) is 0. The van der Waals surface area contributed by atoms with Gasteiger partial charge in [-0.1, -0.05) is 27.7 Å². The van der Waals surface area contributed by atoms with Crippen molar-refractivity contribution in [2.75, 3.05) is 13.1 Å². The van der Waals surface area contributed by atoms with E-state index in [2.05, 4.69) is 55.8 Å². The van der Waals surface area contributed by atoms with Crippen LogP contribution in [-0.4, -0.2) is 22.9 Å². The summed E-state index contributed by atoms with van der Waals surface area (Å²) in [5.41, 5.74) is 1.87. The summed E-state index contributed by atoms with van der Waals surface area (Å²) >= 11 is 0. The molecule has 21 heavy (non-hydrogen) atoms. The maximum absolute atomic E-state index is 4.51. The summed E-state index contributed by atoms with van der Waals surface area (Å²) in [5.74, 6) is 2.23. The zero-order valence-corrected chi connectivity index (χ0v) is 14.5. The summed E-state index contributed by atoms with van der Waals surface area (Å²) in [6, 6.07) is 2.25. The molecule has 1 aliphatic rings. The van der Waals surface area contributed by atoms with Crippen molar-refractivity contribution in [1.82, 2.24) is 15.1 Å². The van der Waals surface area contributed by atoms with Crippen LogP contribution in [0.4, 0.5) is 0 Å². The number of rotatable bonds is 5. The number of hydrogen-bond donors (Lipinski definition) is 1. The highest BCUT2D eigenvalue weighted by molar-refractivity contribution is 5.12. The molecule has 1 heterocycles. The molecule has 0 aromatic carbocycles. The van der Waals surface area contributed by atoms with E-state index in [0.717, 1.165) is 31.5 Å². The molecule has 2 rings (SSSR count). The maximum Gasteiger partial charge on any atom is 0.0492 e. The third-order valence-electron chi connectivity index (χ3n) is 5.30. The van der Waals surface area contributed by atoms with Crippen molar-refractivity contribution in [3.8, 4) is 0 Å². The Morgan fingerprint density at radius 2 is 2.05 bits per heavy atom. The average Bonchev–Trinajstić information content (AvgIpc) is 2.92. The van der Waals surface area contributed by atoms with Gasteiger partial charge in [0.15, 0.2) is 0 Å². The summed E-state index contributed by atoms with van der Waals surface area (Å²) < 4.78 is 2.20. The lowest BCUT2D eigenvalue weighted by molar-refractivity contribution is 0.126. The Balaban J connectivity index is 2.20. The minimum Gasteiger partial charge on any atom is -0.317 e. The van der Waals surface area contributed by atoms with Crippen molar-refractivity contribution in [1.29, 1.82) is 0 Å². The Kier molecular flexibility index (Phi) is 5.48. The van der Waals surface area contributed by atoms with E-state index in [1.54, 1.807) is 0 Å². The second kappa shape index (κ2) is 6.95. The van der Waals surface area contributed by atoms with Gasteiger partial charge in [-0.05, 0) is 62.6 Å². The van der Waals surface area contributed by atoms with Crippen molar-refractivity contribution in [2.45, 2.75) is 66.3 Å². The number of nitrogens with one attached hydrogen (secondary N) is 1. The first kappa shape index (κ1) is 16.5. The molecule has 1 aliphatic carbocycles. The van der Waals surface area contributed by atoms with Crippen LogP contribution >= 0.6 is 0 Å². The van der Waals surface area contributed by atoms with E-state index in [0.29, 0.717) is 11.3 Å². The lowest BCUT2D eigenvalue weighted by Gasteiger charge is -2.42. The molecule has 3 nitrogen and oxygen atoms in total. The Morgan fingerprint density at radius 1 is 1.29 bits per heavy atom. The fraction of sp³-hybridized carbons (Fsp3) is 0.833. The van der Waals surface area contributed by atoms with E-state index in [9.17, 15) is 0 Å². The first-order valence-corrected chi connectivity index (χ1v) is 8.69. The highest BCUT2D eigenvalue weighted by Crippen LogP contribution is 2.46. The molecule has 0 amide bonds. The van der Waals surface area contributed by atoms with Gasteiger partial charge >= 0.3 is 0 Å². The predicted molar refractivity (Wildman–Crippen MR) is 89.5 cm³/mol. The molecule has 3 atom stereocenters. The van der Waals surface area contributed by atoms with Crippen LogP contribution in [0.5, 0.6) is 0 Å². The third-order valence-corrected chi connectivity index (χ3v) is 5.30. The Labute approximate surface area is 130 Å². The van der Waals surface area contributed by atoms with Gasteiger partial charge < -0.3 is 5.32 Å². The van der Waals surface area contributed by atoms with Crippen LogP contribution in [0, 0.1) is 17.3 Å². The van der Waals surface area contributed by atoms with Crippen LogP contribution in [0.2, 0.25) is 0 Å². The fourth-order valence-electron chi connectivity index (χ4n) is 3.88. The van der Waals surface area contributed by atoms with E-state index in [4.69, 9.17) is 0 Å². The molecule has 0 bridgehead atoms. The summed E-state index contributed by atoms with van der Waals surface area (Å²) in [7, 11) is 0. The highest BCUT2D eigenvalue weighted by atomic mass is 15.3. The van der Waals surface area contributed by atoms with Gasteiger partial charge in [0.1, 0.15) is 0 Å². The van der Waals surface area contributed by atoms with Crippen LogP contribution in [-0.2, 0) is 6.54 Å². The molecule has 0 spiro atoms. The SMILES string of the molecule is CCNCC1CCC(C(C)(C)C)CC1c1ccnn1CC. The smallest absolute Gasteiger partial charge is 0.0492 e. The second-order valence-electron chi connectivity index (χ2n) is 7.62. The number of aromatic nitrogens is 2. The lowest BCUT2D eigenvalue weighted by Crippen LogP contribution is -2.36. The van der Waals surface area contributed by atoms with Gasteiger partial charge in [0, 0.05) is 24.4 Å². The fourth-order valence-corrected chi connectivity index (χ4v) is 3.88. The summed E-state index contributed by atoms with van der Waals surface area (Å²) in [6.07, 6.45) is 6.00. The van der Waals surface area contributed by atoms with Gasteiger partial charge in [-0.2, -0.15) is 5.10 Å². The minimum absolute atomic E-state index is 0.415. The van der Waals surface area contributed by atoms with Gasteiger partial charge in [0.2, 0.25) is 0 Å². The number of nitrogens with zero attached hydrogens (tertiary/aromatic N) is 2. The number of hydrogen-bond acceptors (Lipinski definition) is 2. The zero-order valence-electron chi connectivity index (χ0n) is 14.5. The van der Waals surface area contributed by atoms with Crippen LogP contribution in [0.1, 0.15) is 65.5 Å². The van der Waals surface area contributed by atoms with Crippen molar-refractivity contribution in [3.63, 3.8) is 0 Å². The molecule has 120 valence electrons. The lowest BCUT2D eigenvalue weighted by atomic mass is 9.64. The van der Waals surface area contributed by atoms with Crippen LogP contribution in [0.15, 0.2) is 12.3 Å². The zero-order chi connectivity index (χ0) is 15.5. The summed E-state index contributed by atoms with van der Waals surface area (Å²) in [6.45, 7) is 14.8. The Hall–Kier alpha value is -0.830. The van der Waals surface area contributed by atoms with Crippen LogP contribution in [0.25, 0.3) is 0 Å². The van der Waals surface area contributed by atoms with Crippen molar-refractivity contribution in [3.05, 3.63) is 18.0 Å². The standard InChI is InChI=1S/C18H33N3/c1-6-19-13-14-8-9-15(18(3,4)5)12-16(14)17-10-11-20-21(17)7-2/h10-11,14-16,19H,6-9,12-13H2,1-5H3. The predicted octanol–water partition coefficient (Wildman–Crippen LogP) is 4.06. The molecular weight excluding hydrogens is 258 g/mol. The van der Waals surface area contributed by atoms with Gasteiger partial charge in [0.25, 0.3) is 0 Å². The Bertz CT molecular complexity index is 430. The first-order chi connectivity index (χ1) is 9.97. The van der Waals surface area contributed by atoms with Gasteiger partial charge in [0.05, 0.1) is 0 Å². The molecular formula is C18H33N3. The minimum atomic E-state index is 0.415. The molecule has 1 saturated carbocycles. The maximum atomic E-state index is 4.51. The first-order valence-electron chi connectivity index (χ1n) is 8.69. The van der Waals surface area contributed by atoms with Crippen LogP contribution in [0.3, 0.4) is 0 Å². The van der Waals surface area contributed by atoms with Gasteiger partial charge in [-0.3, -0.25) is 4.68 Å². The van der Waals surface area contributed by atoms with E-state index >= 15 is 0 Å². The molecule has 0 aliphatic heterocycles. The van der Waals surface area contributed by atoms with Crippen LogP contribution < -0.4 is 5.32 Å². The molecule has 1 aromatic heterocycles. The quantitative estimate of drug-likeness (QED) is 0.886. The van der Waals surface area contributed by atoms with Gasteiger partial charge in [-0.25, -0.2) is 0 Å². The molecule has 0 saturated heterocycles. The third kappa shape index (κ3) is 3.88. The molecule has 1 fully saturated rings. The van der Waals surface area contributed by atoms with Crippen molar-refractivity contribution >= 4 is 0 Å². The normalized spacial score (nSPS) is 27.0.